The van der Waals surface area contributed by atoms with Crippen LogP contribution in [-0.4, -0.2) is 38.6 Å². The second kappa shape index (κ2) is 8.70. The van der Waals surface area contributed by atoms with Crippen LogP contribution < -0.4 is 10.1 Å². The first kappa shape index (κ1) is 18.9. The van der Waals surface area contributed by atoms with Crippen molar-refractivity contribution in [2.75, 3.05) is 18.2 Å². The Hall–Kier alpha value is -2.84. The van der Waals surface area contributed by atoms with Gasteiger partial charge in [-0.15, -0.1) is 10.2 Å². The standard InChI is InChI=1S/C19H20N4O3S/c1-23-18(17(25)13-6-4-3-5-7-13)21-22-19(23)27-12-16(24)20-14-8-10-15(26-2)11-9-14/h3-11,17,25H,12H2,1-2H3,(H,20,24). The number of carbonyl (C=O) groups excluding carboxylic acids is 1. The Balaban J connectivity index is 1.59. The van der Waals surface area contributed by atoms with E-state index in [4.69, 9.17) is 4.74 Å². The third-order valence-electron chi connectivity index (χ3n) is 3.93. The van der Waals surface area contributed by atoms with Crippen LogP contribution in [0.3, 0.4) is 0 Å². The maximum Gasteiger partial charge on any atom is 0.234 e. The third kappa shape index (κ3) is 4.66. The van der Waals surface area contributed by atoms with Gasteiger partial charge in [-0.05, 0) is 29.8 Å². The summed E-state index contributed by atoms with van der Waals surface area (Å²) in [6.45, 7) is 0. The molecule has 0 bridgehead atoms. The van der Waals surface area contributed by atoms with Crippen LogP contribution in [0.1, 0.15) is 17.5 Å². The lowest BCUT2D eigenvalue weighted by molar-refractivity contribution is -0.113. The lowest BCUT2D eigenvalue weighted by atomic mass is 10.1. The fourth-order valence-electron chi connectivity index (χ4n) is 2.48. The maximum absolute atomic E-state index is 12.1. The minimum absolute atomic E-state index is 0.154. The molecule has 0 fully saturated rings. The summed E-state index contributed by atoms with van der Waals surface area (Å²) >= 11 is 1.26. The largest absolute Gasteiger partial charge is 0.497 e. The van der Waals surface area contributed by atoms with E-state index in [0.717, 1.165) is 11.3 Å². The number of ether oxygens (including phenoxy) is 1. The molecule has 0 radical (unpaired) electrons. The summed E-state index contributed by atoms with van der Waals surface area (Å²) < 4.78 is 6.79. The number of rotatable bonds is 7. The number of anilines is 1. The van der Waals surface area contributed by atoms with E-state index in [1.54, 1.807) is 43.0 Å². The zero-order valence-corrected chi connectivity index (χ0v) is 15.8. The lowest BCUT2D eigenvalue weighted by Gasteiger charge is -2.10. The predicted octanol–water partition coefficient (Wildman–Crippen LogP) is 2.64. The van der Waals surface area contributed by atoms with Crippen LogP contribution in [0, 0.1) is 0 Å². The van der Waals surface area contributed by atoms with Crippen molar-refractivity contribution in [3.8, 4) is 5.75 Å². The molecule has 1 aromatic heterocycles. The molecule has 0 aliphatic carbocycles. The van der Waals surface area contributed by atoms with Crippen LogP contribution in [0.25, 0.3) is 0 Å². The van der Waals surface area contributed by atoms with Crippen molar-refractivity contribution in [1.82, 2.24) is 14.8 Å². The van der Waals surface area contributed by atoms with Crippen molar-refractivity contribution in [3.63, 3.8) is 0 Å². The van der Waals surface area contributed by atoms with Crippen LogP contribution in [0.4, 0.5) is 5.69 Å². The van der Waals surface area contributed by atoms with Gasteiger partial charge in [-0.1, -0.05) is 42.1 Å². The zero-order valence-electron chi connectivity index (χ0n) is 15.0. The number of methoxy groups -OCH3 is 1. The van der Waals surface area contributed by atoms with Crippen molar-refractivity contribution in [2.24, 2.45) is 7.05 Å². The van der Waals surface area contributed by atoms with E-state index in [9.17, 15) is 9.90 Å². The fourth-order valence-corrected chi connectivity index (χ4v) is 3.19. The molecule has 7 nitrogen and oxygen atoms in total. The Morgan fingerprint density at radius 2 is 1.89 bits per heavy atom. The number of nitrogens with zero attached hydrogens (tertiary/aromatic N) is 3. The molecule has 140 valence electrons. The number of aromatic nitrogens is 3. The molecule has 1 amide bonds. The molecule has 0 aliphatic heterocycles. The van der Waals surface area contributed by atoms with Gasteiger partial charge in [-0.3, -0.25) is 4.79 Å². The highest BCUT2D eigenvalue weighted by Gasteiger charge is 2.19. The highest BCUT2D eigenvalue weighted by atomic mass is 32.2. The molecule has 1 atom stereocenters. The number of hydrogen-bond donors (Lipinski definition) is 2. The van der Waals surface area contributed by atoms with Crippen LogP contribution in [0.15, 0.2) is 59.8 Å². The lowest BCUT2D eigenvalue weighted by Crippen LogP contribution is -2.14. The number of thioether (sulfide) groups is 1. The topological polar surface area (TPSA) is 89.3 Å². The summed E-state index contributed by atoms with van der Waals surface area (Å²) in [6, 6.07) is 16.4. The second-order valence-corrected chi connectivity index (χ2v) is 6.72. The normalized spacial score (nSPS) is 11.8. The molecule has 27 heavy (non-hydrogen) atoms. The number of aliphatic hydroxyl groups is 1. The number of nitrogens with one attached hydrogen (secondary N) is 1. The minimum atomic E-state index is -0.869. The van der Waals surface area contributed by atoms with Crippen molar-refractivity contribution < 1.29 is 14.6 Å². The van der Waals surface area contributed by atoms with Gasteiger partial charge in [0.1, 0.15) is 11.9 Å². The number of carbonyl (C=O) groups is 1. The molecule has 3 rings (SSSR count). The smallest absolute Gasteiger partial charge is 0.234 e. The Kier molecular flexibility index (Phi) is 6.10. The monoisotopic (exact) mass is 384 g/mol. The molecule has 1 unspecified atom stereocenters. The van der Waals surface area contributed by atoms with Gasteiger partial charge in [0.2, 0.25) is 5.91 Å². The summed E-state index contributed by atoms with van der Waals surface area (Å²) in [5.41, 5.74) is 1.43. The maximum atomic E-state index is 12.1. The Labute approximate surface area is 161 Å². The van der Waals surface area contributed by atoms with Crippen molar-refractivity contribution >= 4 is 23.4 Å². The van der Waals surface area contributed by atoms with Crippen molar-refractivity contribution in [2.45, 2.75) is 11.3 Å². The Bertz CT molecular complexity index is 897. The van der Waals surface area contributed by atoms with E-state index in [2.05, 4.69) is 15.5 Å². The van der Waals surface area contributed by atoms with Gasteiger partial charge in [0.15, 0.2) is 11.0 Å². The Morgan fingerprint density at radius 3 is 2.56 bits per heavy atom. The molecule has 1 heterocycles. The van der Waals surface area contributed by atoms with Gasteiger partial charge < -0.3 is 19.7 Å². The van der Waals surface area contributed by atoms with E-state index >= 15 is 0 Å². The van der Waals surface area contributed by atoms with E-state index in [1.807, 2.05) is 30.3 Å². The average molecular weight is 384 g/mol. The summed E-state index contributed by atoms with van der Waals surface area (Å²) in [4.78, 5) is 12.1. The molecule has 3 aromatic rings. The molecular formula is C19H20N4O3S. The molecule has 0 spiro atoms. The van der Waals surface area contributed by atoms with Gasteiger partial charge >= 0.3 is 0 Å². The summed E-state index contributed by atoms with van der Waals surface area (Å²) in [7, 11) is 3.36. The first-order chi connectivity index (χ1) is 13.1. The first-order valence-electron chi connectivity index (χ1n) is 8.27. The molecule has 0 aliphatic rings. The van der Waals surface area contributed by atoms with E-state index in [0.29, 0.717) is 16.7 Å². The number of benzene rings is 2. The SMILES string of the molecule is COc1ccc(NC(=O)CSc2nnc(C(O)c3ccccc3)n2C)cc1. The highest BCUT2D eigenvalue weighted by molar-refractivity contribution is 7.99. The highest BCUT2D eigenvalue weighted by Crippen LogP contribution is 2.24. The molecule has 0 saturated heterocycles. The first-order valence-corrected chi connectivity index (χ1v) is 9.26. The molecule has 2 aromatic carbocycles. The van der Waals surface area contributed by atoms with Crippen molar-refractivity contribution in [1.29, 1.82) is 0 Å². The molecule has 8 heteroatoms. The minimum Gasteiger partial charge on any atom is -0.497 e. The number of amides is 1. The van der Waals surface area contributed by atoms with E-state index < -0.39 is 6.10 Å². The van der Waals surface area contributed by atoms with Gasteiger partial charge in [-0.2, -0.15) is 0 Å². The van der Waals surface area contributed by atoms with Gasteiger partial charge in [0, 0.05) is 12.7 Å². The van der Waals surface area contributed by atoms with Crippen LogP contribution in [-0.2, 0) is 11.8 Å². The van der Waals surface area contributed by atoms with Crippen LogP contribution in [0.5, 0.6) is 5.75 Å². The second-order valence-electron chi connectivity index (χ2n) is 5.78. The third-order valence-corrected chi connectivity index (χ3v) is 4.95. The summed E-state index contributed by atoms with van der Waals surface area (Å²) in [5.74, 6) is 1.18. The average Bonchev–Trinajstić information content (AvgIpc) is 3.07. The molecule has 2 N–H and O–H groups in total. The van der Waals surface area contributed by atoms with Gasteiger partial charge in [0.05, 0.1) is 12.9 Å². The van der Waals surface area contributed by atoms with E-state index in [-0.39, 0.29) is 11.7 Å². The van der Waals surface area contributed by atoms with E-state index in [1.165, 1.54) is 11.8 Å². The molecule has 0 saturated carbocycles. The number of hydrogen-bond acceptors (Lipinski definition) is 6. The van der Waals surface area contributed by atoms with Crippen LogP contribution in [0.2, 0.25) is 0 Å². The van der Waals surface area contributed by atoms with Crippen molar-refractivity contribution in [3.05, 3.63) is 66.0 Å². The van der Waals surface area contributed by atoms with Gasteiger partial charge in [0.25, 0.3) is 0 Å². The zero-order chi connectivity index (χ0) is 19.2. The van der Waals surface area contributed by atoms with Crippen LogP contribution >= 0.6 is 11.8 Å². The fraction of sp³-hybridized carbons (Fsp3) is 0.211. The predicted molar refractivity (Wildman–Crippen MR) is 104 cm³/mol. The summed E-state index contributed by atoms with van der Waals surface area (Å²) in [5, 5.41) is 22.0. The quantitative estimate of drug-likeness (QED) is 0.609. The summed E-state index contributed by atoms with van der Waals surface area (Å²) in [6.07, 6.45) is -0.869. The Morgan fingerprint density at radius 1 is 1.19 bits per heavy atom. The molecular weight excluding hydrogens is 364 g/mol. The number of aliphatic hydroxyl groups excluding tert-OH is 1. The van der Waals surface area contributed by atoms with Gasteiger partial charge in [-0.25, -0.2) is 0 Å².